The number of benzene rings is 1. The van der Waals surface area contributed by atoms with Crippen molar-refractivity contribution < 1.29 is 0 Å². The molecule has 0 heterocycles. The molecule has 1 aromatic carbocycles. The SMILES string of the molecule is C/C=C\CC(CC)c1ccc(C)c(C(C)(C)C)c1. The first-order valence-corrected chi connectivity index (χ1v) is 7.12. The highest BCUT2D eigenvalue weighted by atomic mass is 14.2. The van der Waals surface area contributed by atoms with Crippen LogP contribution in [0.4, 0.5) is 0 Å². The quantitative estimate of drug-likeness (QED) is 0.591. The molecule has 1 rings (SSSR count). The van der Waals surface area contributed by atoms with Crippen LogP contribution in [0, 0.1) is 6.92 Å². The lowest BCUT2D eigenvalue weighted by atomic mass is 9.81. The van der Waals surface area contributed by atoms with Crippen molar-refractivity contribution in [1.29, 1.82) is 0 Å². The molecular weight excluding hydrogens is 216 g/mol. The third kappa shape index (κ3) is 3.73. The summed E-state index contributed by atoms with van der Waals surface area (Å²) < 4.78 is 0. The van der Waals surface area contributed by atoms with Crippen LogP contribution in [-0.2, 0) is 5.41 Å². The van der Waals surface area contributed by atoms with E-state index in [2.05, 4.69) is 71.9 Å². The van der Waals surface area contributed by atoms with Gasteiger partial charge >= 0.3 is 0 Å². The van der Waals surface area contributed by atoms with Crippen LogP contribution in [0.3, 0.4) is 0 Å². The second kappa shape index (κ2) is 6.22. The van der Waals surface area contributed by atoms with Crippen LogP contribution in [0.25, 0.3) is 0 Å². The van der Waals surface area contributed by atoms with Crippen LogP contribution in [0.5, 0.6) is 0 Å². The number of aryl methyl sites for hydroxylation is 1. The van der Waals surface area contributed by atoms with Gasteiger partial charge in [-0.2, -0.15) is 0 Å². The van der Waals surface area contributed by atoms with Gasteiger partial charge in [0.25, 0.3) is 0 Å². The topological polar surface area (TPSA) is 0 Å². The number of rotatable bonds is 4. The molecule has 0 heteroatoms. The Kier molecular flexibility index (Phi) is 5.19. The molecule has 1 atom stereocenters. The molecule has 1 aromatic rings. The maximum Gasteiger partial charge on any atom is -0.0129 e. The molecule has 0 aliphatic carbocycles. The summed E-state index contributed by atoms with van der Waals surface area (Å²) in [6, 6.07) is 7.02. The van der Waals surface area contributed by atoms with Gasteiger partial charge in [0.2, 0.25) is 0 Å². The maximum atomic E-state index is 2.42. The normalized spacial score (nSPS) is 14.1. The van der Waals surface area contributed by atoms with Gasteiger partial charge in [-0.05, 0) is 54.7 Å². The van der Waals surface area contributed by atoms with Crippen LogP contribution in [0.15, 0.2) is 30.4 Å². The lowest BCUT2D eigenvalue weighted by molar-refractivity contribution is 0.581. The van der Waals surface area contributed by atoms with E-state index in [9.17, 15) is 0 Å². The Labute approximate surface area is 113 Å². The van der Waals surface area contributed by atoms with Crippen LogP contribution in [-0.4, -0.2) is 0 Å². The zero-order valence-electron chi connectivity index (χ0n) is 12.9. The van der Waals surface area contributed by atoms with Crippen molar-refractivity contribution in [3.8, 4) is 0 Å². The highest BCUT2D eigenvalue weighted by molar-refractivity contribution is 5.37. The molecule has 0 saturated heterocycles. The largest absolute Gasteiger partial charge is 0.0916 e. The molecule has 0 radical (unpaired) electrons. The first-order valence-electron chi connectivity index (χ1n) is 7.12. The van der Waals surface area contributed by atoms with Crippen LogP contribution < -0.4 is 0 Å². The second-order valence-electron chi connectivity index (χ2n) is 6.23. The number of hydrogen-bond donors (Lipinski definition) is 0. The van der Waals surface area contributed by atoms with E-state index in [1.54, 1.807) is 0 Å². The lowest BCUT2D eigenvalue weighted by Gasteiger charge is -2.24. The van der Waals surface area contributed by atoms with Crippen molar-refractivity contribution in [2.24, 2.45) is 0 Å². The maximum absolute atomic E-state index is 2.42. The van der Waals surface area contributed by atoms with Gasteiger partial charge in [-0.25, -0.2) is 0 Å². The summed E-state index contributed by atoms with van der Waals surface area (Å²) in [5.41, 5.74) is 4.62. The van der Waals surface area contributed by atoms with Crippen molar-refractivity contribution >= 4 is 0 Å². The Morgan fingerprint density at radius 2 is 1.89 bits per heavy atom. The van der Waals surface area contributed by atoms with Gasteiger partial charge in [-0.1, -0.05) is 58.0 Å². The average Bonchev–Trinajstić information content (AvgIpc) is 2.30. The minimum atomic E-state index is 0.235. The highest BCUT2D eigenvalue weighted by Gasteiger charge is 2.18. The van der Waals surface area contributed by atoms with E-state index in [4.69, 9.17) is 0 Å². The molecule has 0 bridgehead atoms. The van der Waals surface area contributed by atoms with Crippen molar-refractivity contribution in [1.82, 2.24) is 0 Å². The van der Waals surface area contributed by atoms with Gasteiger partial charge < -0.3 is 0 Å². The minimum absolute atomic E-state index is 0.235. The average molecular weight is 244 g/mol. The highest BCUT2D eigenvalue weighted by Crippen LogP contribution is 2.31. The fourth-order valence-electron chi connectivity index (χ4n) is 2.54. The molecule has 100 valence electrons. The third-order valence-electron chi connectivity index (χ3n) is 3.69. The van der Waals surface area contributed by atoms with Crippen molar-refractivity contribution in [3.63, 3.8) is 0 Å². The van der Waals surface area contributed by atoms with Gasteiger partial charge in [0.15, 0.2) is 0 Å². The molecule has 0 saturated carbocycles. The predicted octanol–water partition coefficient (Wildman–Crippen LogP) is 5.75. The first-order chi connectivity index (χ1) is 8.40. The zero-order chi connectivity index (χ0) is 13.8. The summed E-state index contributed by atoms with van der Waals surface area (Å²) >= 11 is 0. The second-order valence-corrected chi connectivity index (χ2v) is 6.23. The predicted molar refractivity (Wildman–Crippen MR) is 82.3 cm³/mol. The van der Waals surface area contributed by atoms with Gasteiger partial charge in [0, 0.05) is 0 Å². The summed E-state index contributed by atoms with van der Waals surface area (Å²) in [7, 11) is 0. The molecule has 1 unspecified atom stereocenters. The van der Waals surface area contributed by atoms with E-state index >= 15 is 0 Å². The molecule has 0 aliphatic rings. The summed E-state index contributed by atoms with van der Waals surface area (Å²) in [5.74, 6) is 0.655. The van der Waals surface area contributed by atoms with E-state index in [0.717, 1.165) is 6.42 Å². The van der Waals surface area contributed by atoms with Gasteiger partial charge in [-0.15, -0.1) is 0 Å². The molecular formula is C18H28. The molecule has 0 aliphatic heterocycles. The molecule has 0 fully saturated rings. The Balaban J connectivity index is 3.10. The Morgan fingerprint density at radius 3 is 2.39 bits per heavy atom. The van der Waals surface area contributed by atoms with E-state index in [1.165, 1.54) is 23.1 Å². The smallest absolute Gasteiger partial charge is 0.0129 e. The van der Waals surface area contributed by atoms with E-state index in [0.29, 0.717) is 5.92 Å². The van der Waals surface area contributed by atoms with E-state index < -0.39 is 0 Å². The summed E-state index contributed by atoms with van der Waals surface area (Å²) in [6.45, 7) is 13.5. The molecule has 0 N–H and O–H groups in total. The molecule has 0 aromatic heterocycles. The molecule has 18 heavy (non-hydrogen) atoms. The standard InChI is InChI=1S/C18H28/c1-7-9-10-15(8-2)16-12-11-14(3)17(13-16)18(4,5)6/h7,9,11-13,15H,8,10H2,1-6H3/b9-7-. The van der Waals surface area contributed by atoms with Crippen LogP contribution in [0.2, 0.25) is 0 Å². The van der Waals surface area contributed by atoms with Crippen molar-refractivity contribution in [2.75, 3.05) is 0 Å². The molecule has 0 spiro atoms. The van der Waals surface area contributed by atoms with E-state index in [-0.39, 0.29) is 5.41 Å². The zero-order valence-corrected chi connectivity index (χ0v) is 12.9. The summed E-state index contributed by atoms with van der Waals surface area (Å²) in [5, 5.41) is 0. The monoisotopic (exact) mass is 244 g/mol. The molecule has 0 amide bonds. The van der Waals surface area contributed by atoms with Crippen molar-refractivity contribution in [3.05, 3.63) is 47.0 Å². The van der Waals surface area contributed by atoms with Gasteiger partial charge in [0.1, 0.15) is 0 Å². The van der Waals surface area contributed by atoms with E-state index in [1.807, 2.05) is 0 Å². The van der Waals surface area contributed by atoms with Gasteiger partial charge in [0.05, 0.1) is 0 Å². The minimum Gasteiger partial charge on any atom is -0.0916 e. The van der Waals surface area contributed by atoms with Crippen LogP contribution in [0.1, 0.15) is 70.1 Å². The Bertz CT molecular complexity index is 405. The first kappa shape index (κ1) is 15.0. The Morgan fingerprint density at radius 1 is 1.22 bits per heavy atom. The fourth-order valence-corrected chi connectivity index (χ4v) is 2.54. The lowest BCUT2D eigenvalue weighted by Crippen LogP contribution is -2.14. The summed E-state index contributed by atoms with van der Waals surface area (Å²) in [4.78, 5) is 0. The number of allylic oxidation sites excluding steroid dienone is 2. The fraction of sp³-hybridized carbons (Fsp3) is 0.556. The summed E-state index contributed by atoms with van der Waals surface area (Å²) in [6.07, 6.45) is 6.79. The van der Waals surface area contributed by atoms with Gasteiger partial charge in [-0.3, -0.25) is 0 Å². The van der Waals surface area contributed by atoms with Crippen LogP contribution >= 0.6 is 0 Å². The number of hydrogen-bond acceptors (Lipinski definition) is 0. The van der Waals surface area contributed by atoms with Crippen molar-refractivity contribution in [2.45, 2.75) is 65.7 Å². The Hall–Kier alpha value is -1.04. The molecule has 0 nitrogen and oxygen atoms in total. The third-order valence-corrected chi connectivity index (χ3v) is 3.69.